The molecule has 1 aliphatic carbocycles. The van der Waals surface area contributed by atoms with Gasteiger partial charge >= 0.3 is 39.9 Å². The fourth-order valence-electron chi connectivity index (χ4n) is 1.00. The van der Waals surface area contributed by atoms with E-state index in [1.807, 2.05) is 12.8 Å². The molecule has 0 aromatic heterocycles. The first-order valence-corrected chi connectivity index (χ1v) is 4.56. The zero-order chi connectivity index (χ0) is 14.8. The Kier molecular flexibility index (Phi) is 35.9. The molecule has 0 unspecified atom stereocenters. The van der Waals surface area contributed by atoms with Crippen LogP contribution in [0, 0.1) is 45.1 Å². The number of ether oxygens (including phenoxy) is 1. The largest absolute Gasteiger partial charge is 0 e. The molecular formula is C13H12FeO5. The van der Waals surface area contributed by atoms with Gasteiger partial charge in [0, 0.05) is 29.1 Å². The quantitative estimate of drug-likeness (QED) is 0.255. The summed E-state index contributed by atoms with van der Waals surface area (Å²) in [4.78, 5) is 10.7. The molecule has 0 heterocycles. The van der Waals surface area contributed by atoms with E-state index in [0.717, 1.165) is 12.8 Å². The third-order valence-corrected chi connectivity index (χ3v) is 1.68. The summed E-state index contributed by atoms with van der Waals surface area (Å²) in [7, 11) is 1.38. The molecule has 0 aromatic rings. The Balaban J connectivity index is -0.000000142. The van der Waals surface area contributed by atoms with Crippen LogP contribution in [0.15, 0.2) is 12.2 Å². The Morgan fingerprint density at radius 1 is 1.26 bits per heavy atom. The minimum atomic E-state index is -0.301. The predicted octanol–water partition coefficient (Wildman–Crippen LogP) is 1.58. The van der Waals surface area contributed by atoms with E-state index in [4.69, 9.17) is 14.0 Å². The summed E-state index contributed by atoms with van der Waals surface area (Å²) in [5, 5.41) is 0. The molecule has 4 radical (unpaired) electrons. The molecule has 1 aliphatic rings. The van der Waals surface area contributed by atoms with Gasteiger partial charge in [0.2, 0.25) is 0 Å². The Hall–Kier alpha value is -1.05. The number of rotatable bonds is 2. The van der Waals surface area contributed by atoms with Crippen molar-refractivity contribution in [1.29, 1.82) is 0 Å². The molecule has 0 bridgehead atoms. The molecule has 19 heavy (non-hydrogen) atoms. The average molecular weight is 304 g/mol. The fraction of sp³-hybridized carbons (Fsp3) is 0.231. The smallest absolute Gasteiger partial charge is 0 e. The summed E-state index contributed by atoms with van der Waals surface area (Å²) in [6.07, 6.45) is 11.4. The molecule has 1 fully saturated rings. The van der Waals surface area contributed by atoms with E-state index in [9.17, 15) is 4.79 Å². The van der Waals surface area contributed by atoms with Crippen LogP contribution in [0.3, 0.4) is 0 Å². The molecule has 0 aliphatic heterocycles. The van der Waals surface area contributed by atoms with E-state index >= 15 is 0 Å². The second kappa shape index (κ2) is 25.7. The Bertz CT molecular complexity index is 260. The first-order chi connectivity index (χ1) is 8.83. The number of methoxy groups -OCH3 is 1. The van der Waals surface area contributed by atoms with Crippen molar-refractivity contribution >= 4 is 5.97 Å². The predicted molar refractivity (Wildman–Crippen MR) is 58.3 cm³/mol. The van der Waals surface area contributed by atoms with Crippen molar-refractivity contribution in [3.63, 3.8) is 0 Å². The van der Waals surface area contributed by atoms with E-state index in [1.54, 1.807) is 6.08 Å². The van der Waals surface area contributed by atoms with Crippen LogP contribution in [-0.4, -0.2) is 13.1 Å². The van der Waals surface area contributed by atoms with Crippen LogP contribution in [0.4, 0.5) is 0 Å². The van der Waals surface area contributed by atoms with Gasteiger partial charge in [0.05, 0.1) is 7.11 Å². The standard InChI is InChI=1S/C10H12O2.3CO.Fe/c1-12-10(11)8-7-9-5-3-2-4-6-9;3*1-2;/h2-3,5,7-8H,4,6H2,1H3;;;;/b8-7+;;;;. The van der Waals surface area contributed by atoms with E-state index in [2.05, 4.69) is 31.1 Å². The zero-order valence-electron chi connectivity index (χ0n) is 10.2. The maximum Gasteiger partial charge on any atom is 0 e. The van der Waals surface area contributed by atoms with Crippen LogP contribution in [0.1, 0.15) is 12.8 Å². The van der Waals surface area contributed by atoms with E-state index in [0.29, 0.717) is 0 Å². The number of hydrogen-bond donors (Lipinski definition) is 0. The maximum absolute atomic E-state index is 10.7. The summed E-state index contributed by atoms with van der Waals surface area (Å²) >= 11 is 0. The van der Waals surface area contributed by atoms with Crippen LogP contribution in [0.5, 0.6) is 0 Å². The average Bonchev–Trinajstić information content (AvgIpc) is 2.52. The Morgan fingerprint density at radius 2 is 1.79 bits per heavy atom. The summed E-state index contributed by atoms with van der Waals surface area (Å²) in [6, 6.07) is 0. The van der Waals surface area contributed by atoms with Gasteiger partial charge in [-0.25, -0.2) is 4.79 Å². The molecule has 1 saturated carbocycles. The van der Waals surface area contributed by atoms with Gasteiger partial charge in [0.1, 0.15) is 0 Å². The van der Waals surface area contributed by atoms with Crippen molar-refractivity contribution in [3.8, 4) is 0 Å². The number of carbonyl (C=O) groups excluding carboxylic acids is 1. The van der Waals surface area contributed by atoms with Crippen LogP contribution >= 0.6 is 0 Å². The molecule has 102 valence electrons. The third kappa shape index (κ3) is 19.5. The molecule has 1 rings (SSSR count). The van der Waals surface area contributed by atoms with Crippen molar-refractivity contribution in [2.24, 2.45) is 0 Å². The number of allylic oxidation sites excluding steroid dienone is 1. The van der Waals surface area contributed by atoms with Crippen LogP contribution in [-0.2, 0) is 40.6 Å². The van der Waals surface area contributed by atoms with Crippen molar-refractivity contribution in [2.45, 2.75) is 12.8 Å². The molecule has 6 heteroatoms. The van der Waals surface area contributed by atoms with Crippen LogP contribution < -0.4 is 0 Å². The minimum Gasteiger partial charge on any atom is 0 e. The van der Waals surface area contributed by atoms with Gasteiger partial charge in [-0.3, -0.25) is 0 Å². The van der Waals surface area contributed by atoms with Gasteiger partial charge in [0.15, 0.2) is 0 Å². The van der Waals surface area contributed by atoms with Gasteiger partial charge in [-0.15, -0.1) is 0 Å². The van der Waals surface area contributed by atoms with Gasteiger partial charge in [-0.1, -0.05) is 6.08 Å². The fourth-order valence-corrected chi connectivity index (χ4v) is 1.00. The molecule has 0 atom stereocenters. The maximum atomic E-state index is 10.7. The van der Waals surface area contributed by atoms with Crippen molar-refractivity contribution in [1.82, 2.24) is 0 Å². The molecular weight excluding hydrogens is 292 g/mol. The number of hydrogen-bond acceptors (Lipinski definition) is 2. The van der Waals surface area contributed by atoms with Gasteiger partial charge in [-0.2, -0.15) is 0 Å². The number of esters is 1. The first kappa shape index (κ1) is 26.5. The van der Waals surface area contributed by atoms with Gasteiger partial charge in [-0.05, 0) is 32.1 Å². The molecule has 5 nitrogen and oxygen atoms in total. The first-order valence-electron chi connectivity index (χ1n) is 4.56. The monoisotopic (exact) mass is 304 g/mol. The van der Waals surface area contributed by atoms with Crippen molar-refractivity contribution in [3.05, 3.63) is 57.3 Å². The molecule has 0 N–H and O–H groups in total. The second-order valence-corrected chi connectivity index (χ2v) is 2.56. The van der Waals surface area contributed by atoms with E-state index < -0.39 is 0 Å². The normalized spacial score (nSPS) is 12.8. The third-order valence-electron chi connectivity index (χ3n) is 1.68. The van der Waals surface area contributed by atoms with Crippen molar-refractivity contribution in [2.75, 3.05) is 7.11 Å². The molecule has 0 amide bonds. The molecule has 0 spiro atoms. The Morgan fingerprint density at radius 3 is 2.16 bits per heavy atom. The minimum absolute atomic E-state index is 0. The molecule has 0 saturated heterocycles. The van der Waals surface area contributed by atoms with Gasteiger partial charge < -0.3 is 4.74 Å². The van der Waals surface area contributed by atoms with Crippen molar-refractivity contribution < 1.29 is 40.6 Å². The van der Waals surface area contributed by atoms with Crippen LogP contribution in [0.25, 0.3) is 0 Å². The SMILES string of the molecule is COC(=O)/C=C/[C]1[CH][CH][CH]CC1.[C-]#[O+].[C-]#[O+].[C-]#[O+].[Fe]. The van der Waals surface area contributed by atoms with E-state index in [1.165, 1.54) is 19.1 Å². The number of carbonyl (C=O) groups is 1. The summed E-state index contributed by atoms with van der Waals surface area (Å²) < 4.78 is 27.0. The topological polar surface area (TPSA) is 86.0 Å². The summed E-state index contributed by atoms with van der Waals surface area (Å²) in [5.41, 5.74) is 0. The van der Waals surface area contributed by atoms with E-state index in [-0.39, 0.29) is 23.0 Å². The molecule has 0 aromatic carbocycles. The van der Waals surface area contributed by atoms with Crippen LogP contribution in [0.2, 0.25) is 0 Å². The Labute approximate surface area is 124 Å². The second-order valence-electron chi connectivity index (χ2n) is 2.56. The van der Waals surface area contributed by atoms with Gasteiger partial charge in [0.25, 0.3) is 0 Å². The summed E-state index contributed by atoms with van der Waals surface area (Å²) in [6.45, 7) is 13.5. The summed E-state index contributed by atoms with van der Waals surface area (Å²) in [5.74, 6) is 0.869. The zero-order valence-corrected chi connectivity index (χ0v) is 11.3.